The molecule has 8 nitrogen and oxygen atoms in total. The molecule has 0 saturated heterocycles. The zero-order valence-electron chi connectivity index (χ0n) is 17.1. The zero-order chi connectivity index (χ0) is 22.6. The van der Waals surface area contributed by atoms with E-state index in [1.54, 1.807) is 24.8 Å². The first kappa shape index (κ1) is 21.8. The van der Waals surface area contributed by atoms with Crippen LogP contribution in [-0.4, -0.2) is 36.7 Å². The molecule has 1 amide bonds. The first-order chi connectivity index (χ1) is 15.4. The Kier molecular flexibility index (Phi) is 6.42. The Morgan fingerprint density at radius 1 is 1.06 bits per heavy atom. The summed E-state index contributed by atoms with van der Waals surface area (Å²) in [5.74, 6) is 0.612. The molecule has 0 radical (unpaired) electrons. The summed E-state index contributed by atoms with van der Waals surface area (Å²) in [6.45, 7) is 2.18. The molecule has 2 aromatic carbocycles. The van der Waals surface area contributed by atoms with Gasteiger partial charge in [-0.05, 0) is 42.8 Å². The molecular weight excluding hydrogens is 448 g/mol. The Morgan fingerprint density at radius 2 is 1.81 bits per heavy atom. The smallest absolute Gasteiger partial charge is 0.291 e. The predicted molar refractivity (Wildman–Crippen MR) is 124 cm³/mol. The van der Waals surface area contributed by atoms with Gasteiger partial charge in [0.25, 0.3) is 15.9 Å². The summed E-state index contributed by atoms with van der Waals surface area (Å²) in [5.41, 5.74) is 2.00. The molecule has 0 atom stereocenters. The predicted octanol–water partition coefficient (Wildman–Crippen LogP) is 3.66. The van der Waals surface area contributed by atoms with Crippen molar-refractivity contribution < 1.29 is 17.9 Å². The summed E-state index contributed by atoms with van der Waals surface area (Å²) < 4.78 is 33.2. The number of nitrogens with zero attached hydrogens (tertiary/aromatic N) is 2. The SMILES string of the molecule is Cc1ccnc(NS(=O)(=O)c2ccc(NC(=O)C3=C(c4ccccc4)SCCO3)cc2)n1. The van der Waals surface area contributed by atoms with Gasteiger partial charge >= 0.3 is 0 Å². The number of sulfonamides is 1. The molecule has 0 saturated carbocycles. The number of rotatable bonds is 6. The highest BCUT2D eigenvalue weighted by Crippen LogP contribution is 2.35. The number of carbonyl (C=O) groups excluding carboxylic acids is 1. The molecule has 1 aliphatic rings. The number of ether oxygens (including phenoxy) is 1. The summed E-state index contributed by atoms with van der Waals surface area (Å²) in [6, 6.07) is 17.1. The van der Waals surface area contributed by atoms with Crippen molar-refractivity contribution >= 4 is 44.2 Å². The molecule has 0 bridgehead atoms. The molecule has 164 valence electrons. The lowest BCUT2D eigenvalue weighted by Gasteiger charge is -2.20. The maximum absolute atomic E-state index is 12.9. The Hall–Kier alpha value is -3.37. The highest BCUT2D eigenvalue weighted by atomic mass is 32.2. The maximum Gasteiger partial charge on any atom is 0.291 e. The fourth-order valence-corrected chi connectivity index (χ4v) is 4.88. The standard InChI is InChI=1S/C22H20N4O4S2/c1-15-11-12-23-22(24-15)26-32(28,29)18-9-7-17(8-10-18)25-21(27)19-20(31-14-13-30-19)16-5-3-2-4-6-16/h2-12H,13-14H2,1H3,(H,25,27)(H,23,24,26). The number of aromatic nitrogens is 2. The van der Waals surface area contributed by atoms with Crippen molar-refractivity contribution in [2.75, 3.05) is 22.4 Å². The molecule has 0 unspecified atom stereocenters. The quantitative estimate of drug-likeness (QED) is 0.568. The third-order valence-electron chi connectivity index (χ3n) is 4.47. The summed E-state index contributed by atoms with van der Waals surface area (Å²) in [6.07, 6.45) is 1.48. The molecule has 1 aromatic heterocycles. The van der Waals surface area contributed by atoms with Gasteiger partial charge in [0.15, 0.2) is 5.76 Å². The fraction of sp³-hybridized carbons (Fsp3) is 0.136. The Morgan fingerprint density at radius 3 is 2.53 bits per heavy atom. The minimum absolute atomic E-state index is 0.00490. The van der Waals surface area contributed by atoms with Gasteiger partial charge in [-0.25, -0.2) is 23.1 Å². The van der Waals surface area contributed by atoms with Crippen LogP contribution in [0.2, 0.25) is 0 Å². The van der Waals surface area contributed by atoms with Gasteiger partial charge in [0.05, 0.1) is 16.4 Å². The van der Waals surface area contributed by atoms with Crippen LogP contribution in [0.25, 0.3) is 4.91 Å². The molecule has 0 aliphatic carbocycles. The van der Waals surface area contributed by atoms with Gasteiger partial charge in [-0.15, -0.1) is 11.8 Å². The van der Waals surface area contributed by atoms with E-state index >= 15 is 0 Å². The number of hydrogen-bond acceptors (Lipinski definition) is 7. The number of carbonyl (C=O) groups is 1. The first-order valence-electron chi connectivity index (χ1n) is 9.71. The van der Waals surface area contributed by atoms with Crippen LogP contribution in [0.5, 0.6) is 0 Å². The van der Waals surface area contributed by atoms with E-state index in [0.29, 0.717) is 18.0 Å². The molecule has 3 aromatic rings. The normalized spacial score (nSPS) is 13.9. The Labute approximate surface area is 190 Å². The van der Waals surface area contributed by atoms with E-state index in [9.17, 15) is 13.2 Å². The summed E-state index contributed by atoms with van der Waals surface area (Å²) >= 11 is 1.57. The monoisotopic (exact) mass is 468 g/mol. The minimum Gasteiger partial charge on any atom is -0.486 e. The molecule has 2 heterocycles. The van der Waals surface area contributed by atoms with Crippen LogP contribution in [0.1, 0.15) is 11.3 Å². The average Bonchev–Trinajstić information content (AvgIpc) is 2.80. The fourth-order valence-electron chi connectivity index (χ4n) is 2.97. The molecule has 0 spiro atoms. The molecule has 4 rings (SSSR count). The lowest BCUT2D eigenvalue weighted by Crippen LogP contribution is -2.21. The van der Waals surface area contributed by atoms with Gasteiger partial charge < -0.3 is 10.1 Å². The van der Waals surface area contributed by atoms with Crippen molar-refractivity contribution in [2.45, 2.75) is 11.8 Å². The maximum atomic E-state index is 12.9. The van der Waals surface area contributed by atoms with Gasteiger partial charge in [-0.2, -0.15) is 0 Å². The second kappa shape index (κ2) is 9.41. The van der Waals surface area contributed by atoms with E-state index in [0.717, 1.165) is 16.2 Å². The van der Waals surface area contributed by atoms with Crippen LogP contribution in [0.4, 0.5) is 11.6 Å². The van der Waals surface area contributed by atoms with E-state index < -0.39 is 15.9 Å². The van der Waals surface area contributed by atoms with E-state index in [4.69, 9.17) is 4.74 Å². The van der Waals surface area contributed by atoms with Crippen LogP contribution in [-0.2, 0) is 19.6 Å². The molecule has 10 heteroatoms. The molecular formula is C22H20N4O4S2. The highest BCUT2D eigenvalue weighted by Gasteiger charge is 2.23. The van der Waals surface area contributed by atoms with Crippen LogP contribution in [0.3, 0.4) is 0 Å². The van der Waals surface area contributed by atoms with Crippen LogP contribution >= 0.6 is 11.8 Å². The Balaban J connectivity index is 1.51. The van der Waals surface area contributed by atoms with Crippen molar-refractivity contribution in [3.05, 3.63) is 83.9 Å². The average molecular weight is 469 g/mol. The van der Waals surface area contributed by atoms with Crippen molar-refractivity contribution in [1.82, 2.24) is 9.97 Å². The van der Waals surface area contributed by atoms with Crippen LogP contribution < -0.4 is 10.0 Å². The highest BCUT2D eigenvalue weighted by molar-refractivity contribution is 8.08. The largest absolute Gasteiger partial charge is 0.486 e. The number of nitrogens with one attached hydrogen (secondary N) is 2. The van der Waals surface area contributed by atoms with E-state index in [1.165, 1.54) is 30.5 Å². The van der Waals surface area contributed by atoms with Gasteiger partial charge in [0.1, 0.15) is 0 Å². The van der Waals surface area contributed by atoms with Crippen LogP contribution in [0, 0.1) is 6.92 Å². The summed E-state index contributed by atoms with van der Waals surface area (Å²) in [4.78, 5) is 21.6. The number of anilines is 2. The zero-order valence-corrected chi connectivity index (χ0v) is 18.7. The van der Waals surface area contributed by atoms with Gasteiger partial charge in [-0.3, -0.25) is 4.79 Å². The molecule has 1 aliphatic heterocycles. The van der Waals surface area contributed by atoms with Gasteiger partial charge in [-0.1, -0.05) is 30.3 Å². The van der Waals surface area contributed by atoms with Gasteiger partial charge in [0.2, 0.25) is 5.95 Å². The van der Waals surface area contributed by atoms with Crippen molar-refractivity contribution in [3.8, 4) is 0 Å². The minimum atomic E-state index is -3.87. The van der Waals surface area contributed by atoms with Crippen LogP contribution in [0.15, 0.2) is 77.5 Å². The topological polar surface area (TPSA) is 110 Å². The third kappa shape index (κ3) is 5.09. The molecule has 2 N–H and O–H groups in total. The lowest BCUT2D eigenvalue weighted by atomic mass is 10.2. The molecule has 0 fully saturated rings. The number of aryl methyl sites for hydroxylation is 1. The van der Waals surface area contributed by atoms with E-state index in [-0.39, 0.29) is 16.6 Å². The summed E-state index contributed by atoms with van der Waals surface area (Å²) in [7, 11) is -3.87. The molecule has 32 heavy (non-hydrogen) atoms. The van der Waals surface area contributed by atoms with Crippen molar-refractivity contribution in [1.29, 1.82) is 0 Å². The Bertz CT molecular complexity index is 1260. The number of hydrogen-bond donors (Lipinski definition) is 2. The summed E-state index contributed by atoms with van der Waals surface area (Å²) in [5, 5.41) is 2.77. The third-order valence-corrected chi connectivity index (χ3v) is 6.89. The van der Waals surface area contributed by atoms with Crippen molar-refractivity contribution in [2.24, 2.45) is 0 Å². The lowest BCUT2D eigenvalue weighted by molar-refractivity contribution is -0.115. The van der Waals surface area contributed by atoms with E-state index in [2.05, 4.69) is 20.0 Å². The second-order valence-corrected chi connectivity index (χ2v) is 9.61. The second-order valence-electron chi connectivity index (χ2n) is 6.83. The van der Waals surface area contributed by atoms with Gasteiger partial charge in [0, 0.05) is 23.3 Å². The van der Waals surface area contributed by atoms with E-state index in [1.807, 2.05) is 30.3 Å². The number of thioether (sulfide) groups is 1. The number of benzene rings is 2. The van der Waals surface area contributed by atoms with Crippen molar-refractivity contribution in [3.63, 3.8) is 0 Å². The number of amides is 1. The first-order valence-corrected chi connectivity index (χ1v) is 12.2.